The fourth-order valence-corrected chi connectivity index (χ4v) is 6.54. The Morgan fingerprint density at radius 1 is 1.03 bits per heavy atom. The van der Waals surface area contributed by atoms with Crippen molar-refractivity contribution < 1.29 is 9.53 Å². The monoisotopic (exact) mass is 444 g/mol. The van der Waals surface area contributed by atoms with Crippen molar-refractivity contribution >= 4 is 19.6 Å². The van der Waals surface area contributed by atoms with Crippen LogP contribution in [0.2, 0.25) is 13.1 Å². The highest BCUT2D eigenvalue weighted by Gasteiger charge is 2.29. The molecule has 1 aliphatic carbocycles. The molecule has 0 fully saturated rings. The molecule has 1 atom stereocenters. The van der Waals surface area contributed by atoms with Gasteiger partial charge in [-0.15, -0.1) is 0 Å². The summed E-state index contributed by atoms with van der Waals surface area (Å²) in [4.78, 5) is 12.6. The first-order chi connectivity index (χ1) is 14.9. The maximum absolute atomic E-state index is 12.6. The van der Waals surface area contributed by atoms with Gasteiger partial charge in [0.1, 0.15) is 13.7 Å². The Kier molecular flexibility index (Phi) is 6.80. The number of hydrogen-bond acceptors (Lipinski definition) is 2. The van der Waals surface area contributed by atoms with Crippen LogP contribution in [0.25, 0.3) is 5.57 Å². The van der Waals surface area contributed by atoms with Gasteiger partial charge in [-0.3, -0.25) is 0 Å². The van der Waals surface area contributed by atoms with Gasteiger partial charge < -0.3 is 4.74 Å². The molecule has 0 saturated carbocycles. The average molecular weight is 445 g/mol. The van der Waals surface area contributed by atoms with Gasteiger partial charge in [0, 0.05) is 0 Å². The van der Waals surface area contributed by atoms with E-state index in [0.717, 1.165) is 11.1 Å². The molecule has 1 unspecified atom stereocenters. The van der Waals surface area contributed by atoms with Gasteiger partial charge in [0.05, 0.1) is 5.56 Å². The number of carbonyl (C=O) groups is 1. The third-order valence-electron chi connectivity index (χ3n) is 5.81. The maximum Gasteiger partial charge on any atom is 0.338 e. The summed E-state index contributed by atoms with van der Waals surface area (Å²) in [6, 6.07) is 5.90. The standard InChI is InChI=1S/C29H36O2Si/c1-20-10-9-11-25(26-14-12-21(2)18-27(26)32(7,8)17-16-20)24-15-13-23(19-22(24)3)28(30)31-29(4,5)6/h9-19,21H,1-8H3/b11-9?,17-16+,20-10-,26-25?. The summed E-state index contributed by atoms with van der Waals surface area (Å²) in [5.74, 6) is 0.143. The van der Waals surface area contributed by atoms with Crippen LogP contribution in [0.4, 0.5) is 0 Å². The second kappa shape index (κ2) is 9.07. The molecule has 0 bridgehead atoms. The number of allylic oxidation sites excluding steroid dienone is 11. The van der Waals surface area contributed by atoms with Gasteiger partial charge in [-0.2, -0.15) is 0 Å². The van der Waals surface area contributed by atoms with Crippen LogP contribution in [-0.4, -0.2) is 19.6 Å². The highest BCUT2D eigenvalue weighted by Crippen LogP contribution is 2.37. The molecule has 2 nitrogen and oxygen atoms in total. The van der Waals surface area contributed by atoms with Crippen LogP contribution in [0.3, 0.4) is 0 Å². The van der Waals surface area contributed by atoms with E-state index in [4.69, 9.17) is 4.74 Å². The number of esters is 1. The van der Waals surface area contributed by atoms with Gasteiger partial charge >= 0.3 is 5.97 Å². The van der Waals surface area contributed by atoms with Crippen molar-refractivity contribution in [1.82, 2.24) is 0 Å². The van der Waals surface area contributed by atoms with Gasteiger partial charge in [0.2, 0.25) is 0 Å². The Morgan fingerprint density at radius 2 is 1.75 bits per heavy atom. The second-order valence-corrected chi connectivity index (χ2v) is 14.8. The zero-order valence-corrected chi connectivity index (χ0v) is 21.7. The quantitative estimate of drug-likeness (QED) is 0.345. The molecule has 3 rings (SSSR count). The maximum atomic E-state index is 12.6. The molecule has 0 aromatic heterocycles. The normalized spacial score (nSPS) is 23.1. The molecule has 32 heavy (non-hydrogen) atoms. The van der Waals surface area contributed by atoms with E-state index >= 15 is 0 Å². The Labute approximate surface area is 194 Å². The van der Waals surface area contributed by atoms with Crippen molar-refractivity contribution in [2.45, 2.75) is 60.2 Å². The lowest BCUT2D eigenvalue weighted by Crippen LogP contribution is -2.29. The number of rotatable bonds is 2. The fourth-order valence-electron chi connectivity index (χ4n) is 4.08. The molecule has 1 aromatic carbocycles. The van der Waals surface area contributed by atoms with Gasteiger partial charge in [-0.25, -0.2) is 4.79 Å². The van der Waals surface area contributed by atoms with Crippen molar-refractivity contribution in [1.29, 1.82) is 0 Å². The van der Waals surface area contributed by atoms with Gasteiger partial charge in [0.15, 0.2) is 0 Å². The molecular weight excluding hydrogens is 408 g/mol. The molecular formula is C29H36O2Si. The van der Waals surface area contributed by atoms with Gasteiger partial charge in [-0.05, 0) is 74.9 Å². The third kappa shape index (κ3) is 5.58. The first-order valence-electron chi connectivity index (χ1n) is 11.4. The number of ether oxygens (including phenoxy) is 1. The molecule has 0 N–H and O–H groups in total. The topological polar surface area (TPSA) is 26.3 Å². The predicted molar refractivity (Wildman–Crippen MR) is 139 cm³/mol. The molecule has 0 amide bonds. The Hall–Kier alpha value is -2.65. The van der Waals surface area contributed by atoms with Crippen LogP contribution in [0.1, 0.15) is 56.1 Å². The summed E-state index contributed by atoms with van der Waals surface area (Å²) < 4.78 is 5.57. The summed E-state index contributed by atoms with van der Waals surface area (Å²) in [6.45, 7) is 17.0. The summed E-state index contributed by atoms with van der Waals surface area (Å²) >= 11 is 0. The van der Waals surface area contributed by atoms with E-state index in [1.54, 1.807) is 0 Å². The highest BCUT2D eigenvalue weighted by atomic mass is 28.3. The van der Waals surface area contributed by atoms with Crippen molar-refractivity contribution in [2.75, 3.05) is 0 Å². The van der Waals surface area contributed by atoms with Crippen molar-refractivity contribution in [3.8, 4) is 0 Å². The summed E-state index contributed by atoms with van der Waals surface area (Å²) in [5, 5.41) is 1.47. The minimum Gasteiger partial charge on any atom is -0.456 e. The largest absolute Gasteiger partial charge is 0.456 e. The summed E-state index contributed by atoms with van der Waals surface area (Å²) in [5.41, 5.74) is 8.48. The third-order valence-corrected chi connectivity index (χ3v) is 8.63. The van der Waals surface area contributed by atoms with Crippen LogP contribution >= 0.6 is 0 Å². The minimum absolute atomic E-state index is 0.282. The average Bonchev–Trinajstić information content (AvgIpc) is 2.69. The number of hydrogen-bond donors (Lipinski definition) is 0. The zero-order valence-electron chi connectivity index (χ0n) is 20.7. The van der Waals surface area contributed by atoms with Crippen LogP contribution in [0.5, 0.6) is 0 Å². The van der Waals surface area contributed by atoms with Crippen LogP contribution in [-0.2, 0) is 4.74 Å². The number of benzene rings is 1. The fraction of sp³-hybridized carbons (Fsp3) is 0.345. The minimum atomic E-state index is -1.80. The SMILES string of the molecule is CC1=C/C=CC(c2ccc(C(=O)OC(C)(C)C)cc2C)=C2C=CC(C)C=C2[Si](C)(C)\C=C\1. The van der Waals surface area contributed by atoms with Gasteiger partial charge in [-0.1, -0.05) is 85.1 Å². The van der Waals surface area contributed by atoms with Crippen LogP contribution in [0, 0.1) is 12.8 Å². The van der Waals surface area contributed by atoms with E-state index in [2.05, 4.69) is 88.2 Å². The Balaban J connectivity index is 2.17. The van der Waals surface area contributed by atoms with E-state index in [-0.39, 0.29) is 5.97 Å². The zero-order chi connectivity index (χ0) is 23.7. The van der Waals surface area contributed by atoms with E-state index in [9.17, 15) is 4.79 Å². The molecule has 1 aromatic rings. The molecule has 2 aliphatic rings. The van der Waals surface area contributed by atoms with Crippen molar-refractivity contribution in [3.05, 3.63) is 99.5 Å². The number of aryl methyl sites for hydroxylation is 1. The van der Waals surface area contributed by atoms with Crippen molar-refractivity contribution in [3.63, 3.8) is 0 Å². The summed E-state index contributed by atoms with van der Waals surface area (Å²) in [6.07, 6.45) is 15.8. The molecule has 0 saturated heterocycles. The molecule has 168 valence electrons. The predicted octanol–water partition coefficient (Wildman–Crippen LogP) is 7.70. The van der Waals surface area contributed by atoms with E-state index in [1.807, 2.05) is 32.9 Å². The van der Waals surface area contributed by atoms with E-state index in [1.165, 1.54) is 21.9 Å². The number of fused-ring (bicyclic) bond motifs is 1. The smallest absolute Gasteiger partial charge is 0.338 e. The van der Waals surface area contributed by atoms with E-state index < -0.39 is 13.7 Å². The lowest BCUT2D eigenvalue weighted by atomic mass is 9.90. The molecule has 1 aliphatic heterocycles. The lowest BCUT2D eigenvalue weighted by Gasteiger charge is -2.30. The van der Waals surface area contributed by atoms with Crippen LogP contribution < -0.4 is 0 Å². The Bertz CT molecular complexity index is 1100. The lowest BCUT2D eigenvalue weighted by molar-refractivity contribution is 0.00694. The molecule has 3 heteroatoms. The highest BCUT2D eigenvalue weighted by molar-refractivity contribution is 6.89. The molecule has 1 heterocycles. The van der Waals surface area contributed by atoms with Gasteiger partial charge in [0.25, 0.3) is 0 Å². The molecule has 0 spiro atoms. The summed E-state index contributed by atoms with van der Waals surface area (Å²) in [7, 11) is -1.80. The first kappa shape index (κ1) is 24.0. The molecule has 0 radical (unpaired) electrons. The second-order valence-electron chi connectivity index (χ2n) is 10.5. The van der Waals surface area contributed by atoms with Crippen molar-refractivity contribution in [2.24, 2.45) is 5.92 Å². The van der Waals surface area contributed by atoms with E-state index in [0.29, 0.717) is 11.5 Å². The number of carbonyl (C=O) groups excluding carboxylic acids is 1. The first-order valence-corrected chi connectivity index (χ1v) is 14.5. The van der Waals surface area contributed by atoms with Crippen LogP contribution in [0.15, 0.2) is 82.8 Å². The Morgan fingerprint density at radius 3 is 2.41 bits per heavy atom.